The quantitative estimate of drug-likeness (QED) is 0.924. The van der Waals surface area contributed by atoms with Gasteiger partial charge in [-0.2, -0.15) is 0 Å². The molecule has 1 amide bonds. The van der Waals surface area contributed by atoms with Crippen molar-refractivity contribution in [2.45, 2.75) is 38.4 Å². The van der Waals surface area contributed by atoms with Crippen LogP contribution in [0.25, 0.3) is 11.3 Å². The fraction of sp³-hybridized carbons (Fsp3) is 0.353. The second-order valence-corrected chi connectivity index (χ2v) is 6.15. The summed E-state index contributed by atoms with van der Waals surface area (Å²) in [6.07, 6.45) is 4.05. The third-order valence-electron chi connectivity index (χ3n) is 4.49. The molecule has 2 aromatic heterocycles. The number of pyridine rings is 2. The summed E-state index contributed by atoms with van der Waals surface area (Å²) < 4.78 is 20.3. The lowest BCUT2D eigenvalue weighted by atomic mass is 9.94. The van der Waals surface area contributed by atoms with Gasteiger partial charge in [0.1, 0.15) is 23.3 Å². The number of hydrogen-bond donors (Lipinski definition) is 1. The largest absolute Gasteiger partial charge is 0.368 e. The number of aromatic nitrogens is 2. The summed E-state index contributed by atoms with van der Waals surface area (Å²) in [6.45, 7) is 1.78. The molecule has 0 aromatic carbocycles. The number of rotatable bonds is 2. The van der Waals surface area contributed by atoms with E-state index in [1.165, 1.54) is 6.07 Å². The van der Waals surface area contributed by atoms with Crippen LogP contribution in [0, 0.1) is 12.7 Å². The topological polar surface area (TPSA) is 78.1 Å². The molecule has 2 N–H and O–H groups in total. The molecule has 0 saturated carbocycles. The summed E-state index contributed by atoms with van der Waals surface area (Å²) in [5, 5.41) is 0. The Labute approximate surface area is 132 Å². The first-order chi connectivity index (χ1) is 11.0. The monoisotopic (exact) mass is 313 g/mol. The highest BCUT2D eigenvalue weighted by molar-refractivity contribution is 5.92. The molecule has 4 rings (SSSR count). The average Bonchev–Trinajstić information content (AvgIpc) is 2.89. The molecule has 6 heteroatoms. The van der Waals surface area contributed by atoms with Crippen molar-refractivity contribution in [1.29, 1.82) is 0 Å². The SMILES string of the molecule is Cc1cnc(-c2cc(C(N)=O)nc3c2C[C@H]2CC[C@@H]3O2)c(F)c1. The van der Waals surface area contributed by atoms with Crippen molar-refractivity contribution in [3.63, 3.8) is 0 Å². The van der Waals surface area contributed by atoms with Crippen LogP contribution in [0.15, 0.2) is 18.3 Å². The van der Waals surface area contributed by atoms with Gasteiger partial charge in [0.05, 0.1) is 11.8 Å². The van der Waals surface area contributed by atoms with Crippen LogP contribution in [0.3, 0.4) is 0 Å². The zero-order valence-corrected chi connectivity index (χ0v) is 12.7. The van der Waals surface area contributed by atoms with Gasteiger partial charge in [-0.1, -0.05) is 0 Å². The van der Waals surface area contributed by atoms with Gasteiger partial charge >= 0.3 is 0 Å². The summed E-state index contributed by atoms with van der Waals surface area (Å²) in [4.78, 5) is 20.2. The Morgan fingerprint density at radius 1 is 1.39 bits per heavy atom. The van der Waals surface area contributed by atoms with Crippen LogP contribution in [0.5, 0.6) is 0 Å². The molecule has 0 unspecified atom stereocenters. The van der Waals surface area contributed by atoms with Gasteiger partial charge in [-0.25, -0.2) is 9.37 Å². The first kappa shape index (κ1) is 14.3. The maximum absolute atomic E-state index is 14.4. The lowest BCUT2D eigenvalue weighted by Gasteiger charge is -2.25. The number of halogens is 1. The predicted molar refractivity (Wildman–Crippen MR) is 81.2 cm³/mol. The molecule has 1 fully saturated rings. The minimum Gasteiger partial charge on any atom is -0.368 e. The lowest BCUT2D eigenvalue weighted by molar-refractivity contribution is 0.0295. The average molecular weight is 313 g/mol. The van der Waals surface area contributed by atoms with Gasteiger partial charge in [-0.15, -0.1) is 0 Å². The number of primary amides is 1. The van der Waals surface area contributed by atoms with Crippen LogP contribution >= 0.6 is 0 Å². The van der Waals surface area contributed by atoms with Crippen LogP contribution in [-0.2, 0) is 11.2 Å². The Hall–Kier alpha value is -2.34. The summed E-state index contributed by atoms with van der Waals surface area (Å²) in [5.74, 6) is -1.05. The van der Waals surface area contributed by atoms with Crippen LogP contribution in [0.2, 0.25) is 0 Å². The highest BCUT2D eigenvalue weighted by atomic mass is 19.1. The second-order valence-electron chi connectivity index (χ2n) is 6.15. The van der Waals surface area contributed by atoms with E-state index in [0.29, 0.717) is 17.7 Å². The van der Waals surface area contributed by atoms with Crippen molar-refractivity contribution in [1.82, 2.24) is 9.97 Å². The van der Waals surface area contributed by atoms with E-state index in [4.69, 9.17) is 10.5 Å². The summed E-state index contributed by atoms with van der Waals surface area (Å²) >= 11 is 0. The predicted octanol–water partition coefficient (Wildman–Crippen LogP) is 2.47. The van der Waals surface area contributed by atoms with Crippen LogP contribution in [-0.4, -0.2) is 22.0 Å². The fourth-order valence-electron chi connectivity index (χ4n) is 3.43. The molecule has 2 aliphatic rings. The fourth-order valence-corrected chi connectivity index (χ4v) is 3.43. The van der Waals surface area contributed by atoms with Gasteiger partial charge in [0.15, 0.2) is 0 Å². The molecule has 23 heavy (non-hydrogen) atoms. The zero-order chi connectivity index (χ0) is 16.1. The van der Waals surface area contributed by atoms with Crippen molar-refractivity contribution in [2.24, 2.45) is 5.73 Å². The van der Waals surface area contributed by atoms with Crippen molar-refractivity contribution in [3.05, 3.63) is 46.7 Å². The Kier molecular flexibility index (Phi) is 3.16. The number of aryl methyl sites for hydroxylation is 1. The van der Waals surface area contributed by atoms with Gasteiger partial charge in [0.25, 0.3) is 5.91 Å². The molecule has 0 aliphatic carbocycles. The molecular formula is C17H16FN3O2. The molecular weight excluding hydrogens is 297 g/mol. The lowest BCUT2D eigenvalue weighted by Crippen LogP contribution is -2.23. The third kappa shape index (κ3) is 2.30. The van der Waals surface area contributed by atoms with E-state index in [1.807, 2.05) is 0 Å². The van der Waals surface area contributed by atoms with Crippen LogP contribution in [0.1, 0.15) is 46.3 Å². The molecule has 2 aromatic rings. The number of carbonyl (C=O) groups is 1. The molecule has 2 aliphatic heterocycles. The Morgan fingerprint density at radius 3 is 2.96 bits per heavy atom. The number of amides is 1. The summed E-state index contributed by atoms with van der Waals surface area (Å²) in [5.41, 5.74) is 8.71. The Morgan fingerprint density at radius 2 is 2.22 bits per heavy atom. The maximum Gasteiger partial charge on any atom is 0.267 e. The summed E-state index contributed by atoms with van der Waals surface area (Å²) in [6, 6.07) is 2.99. The standard InChI is InChI=1S/C17H16FN3O2/c1-8-4-12(18)15(20-7-8)11-6-13(17(19)22)21-16-10(11)5-9-2-3-14(16)23-9/h4,6-7,9,14H,2-3,5H2,1H3,(H2,19,22)/t9-,14+/m1/s1. The molecule has 5 nitrogen and oxygen atoms in total. The van der Waals surface area contributed by atoms with Crippen molar-refractivity contribution in [3.8, 4) is 11.3 Å². The number of nitrogens with zero attached hydrogens (tertiary/aromatic N) is 2. The molecule has 2 bridgehead atoms. The maximum atomic E-state index is 14.4. The first-order valence-corrected chi connectivity index (χ1v) is 7.64. The van der Waals surface area contributed by atoms with E-state index in [1.54, 1.807) is 19.2 Å². The highest BCUT2D eigenvalue weighted by Gasteiger charge is 2.37. The van der Waals surface area contributed by atoms with E-state index in [9.17, 15) is 9.18 Å². The normalized spacial score (nSPS) is 22.0. The summed E-state index contributed by atoms with van der Waals surface area (Å²) in [7, 11) is 0. The third-order valence-corrected chi connectivity index (χ3v) is 4.49. The number of nitrogens with two attached hydrogens (primary N) is 1. The Balaban J connectivity index is 1.97. The number of ether oxygens (including phenoxy) is 1. The van der Waals surface area contributed by atoms with Crippen molar-refractivity contribution in [2.75, 3.05) is 0 Å². The molecule has 0 spiro atoms. The van der Waals surface area contributed by atoms with Gasteiger partial charge in [0, 0.05) is 18.2 Å². The Bertz CT molecular complexity index is 822. The van der Waals surface area contributed by atoms with E-state index in [2.05, 4.69) is 9.97 Å². The van der Waals surface area contributed by atoms with Crippen molar-refractivity contribution < 1.29 is 13.9 Å². The van der Waals surface area contributed by atoms with Crippen LogP contribution in [0.4, 0.5) is 4.39 Å². The smallest absolute Gasteiger partial charge is 0.267 e. The van der Waals surface area contributed by atoms with Gasteiger partial charge in [-0.3, -0.25) is 9.78 Å². The minimum atomic E-state index is -0.637. The van der Waals surface area contributed by atoms with E-state index in [0.717, 1.165) is 24.0 Å². The van der Waals surface area contributed by atoms with E-state index < -0.39 is 11.7 Å². The molecule has 1 saturated heterocycles. The molecule has 2 atom stereocenters. The second kappa shape index (κ2) is 5.09. The van der Waals surface area contributed by atoms with E-state index in [-0.39, 0.29) is 23.6 Å². The minimum absolute atomic E-state index is 0.120. The molecule has 118 valence electrons. The van der Waals surface area contributed by atoms with Gasteiger partial charge in [-0.05, 0) is 43.0 Å². The van der Waals surface area contributed by atoms with Crippen LogP contribution < -0.4 is 5.73 Å². The van der Waals surface area contributed by atoms with Gasteiger partial charge < -0.3 is 10.5 Å². The van der Waals surface area contributed by atoms with Gasteiger partial charge in [0.2, 0.25) is 0 Å². The molecule has 0 radical (unpaired) electrons. The number of fused-ring (bicyclic) bond motifs is 4. The first-order valence-electron chi connectivity index (χ1n) is 7.64. The number of hydrogen-bond acceptors (Lipinski definition) is 4. The number of carbonyl (C=O) groups excluding carboxylic acids is 1. The van der Waals surface area contributed by atoms with E-state index >= 15 is 0 Å². The molecule has 4 heterocycles. The van der Waals surface area contributed by atoms with Crippen molar-refractivity contribution >= 4 is 5.91 Å². The highest BCUT2D eigenvalue weighted by Crippen LogP contribution is 2.43. The zero-order valence-electron chi connectivity index (χ0n) is 12.7.